The van der Waals surface area contributed by atoms with Crippen LogP contribution >= 0.6 is 0 Å². The second-order valence-corrected chi connectivity index (χ2v) is 5.64. The summed E-state index contributed by atoms with van der Waals surface area (Å²) in [6.07, 6.45) is 0.999. The number of benzene rings is 1. The SMILES string of the molecule is CCN(CC)CCCOc1cc(C(C)C)cc(OC)c1OC. The van der Waals surface area contributed by atoms with Crippen LogP contribution in [0.2, 0.25) is 0 Å². The summed E-state index contributed by atoms with van der Waals surface area (Å²) in [5, 5.41) is 0. The Labute approximate surface area is 135 Å². The van der Waals surface area contributed by atoms with Gasteiger partial charge in [0.15, 0.2) is 11.5 Å². The van der Waals surface area contributed by atoms with Crippen LogP contribution in [0.3, 0.4) is 0 Å². The largest absolute Gasteiger partial charge is 0.493 e. The van der Waals surface area contributed by atoms with Gasteiger partial charge in [0.1, 0.15) is 0 Å². The minimum Gasteiger partial charge on any atom is -0.493 e. The summed E-state index contributed by atoms with van der Waals surface area (Å²) in [5.74, 6) is 2.59. The highest BCUT2D eigenvalue weighted by Crippen LogP contribution is 2.40. The van der Waals surface area contributed by atoms with Gasteiger partial charge in [-0.25, -0.2) is 0 Å². The van der Waals surface area contributed by atoms with E-state index >= 15 is 0 Å². The molecule has 22 heavy (non-hydrogen) atoms. The lowest BCUT2D eigenvalue weighted by Gasteiger charge is -2.19. The van der Waals surface area contributed by atoms with E-state index in [1.54, 1.807) is 14.2 Å². The van der Waals surface area contributed by atoms with Gasteiger partial charge in [-0.3, -0.25) is 0 Å². The van der Waals surface area contributed by atoms with Gasteiger partial charge in [0.25, 0.3) is 0 Å². The number of hydrogen-bond donors (Lipinski definition) is 0. The van der Waals surface area contributed by atoms with Crippen molar-refractivity contribution in [3.8, 4) is 17.2 Å². The topological polar surface area (TPSA) is 30.9 Å². The minimum atomic E-state index is 0.415. The Hall–Kier alpha value is -1.42. The normalized spacial score (nSPS) is 11.1. The molecular formula is C18H31NO3. The zero-order valence-corrected chi connectivity index (χ0v) is 14.9. The monoisotopic (exact) mass is 309 g/mol. The molecule has 0 fully saturated rings. The Balaban J connectivity index is 2.77. The van der Waals surface area contributed by atoms with E-state index in [0.717, 1.165) is 37.6 Å². The van der Waals surface area contributed by atoms with Crippen molar-refractivity contribution in [1.29, 1.82) is 0 Å². The van der Waals surface area contributed by atoms with Crippen LogP contribution in [0.5, 0.6) is 17.2 Å². The smallest absolute Gasteiger partial charge is 0.203 e. The Kier molecular flexibility index (Phi) is 8.10. The first kappa shape index (κ1) is 18.6. The predicted octanol–water partition coefficient (Wildman–Crippen LogP) is 3.94. The molecule has 0 aromatic heterocycles. The van der Waals surface area contributed by atoms with E-state index in [4.69, 9.17) is 14.2 Å². The summed E-state index contributed by atoms with van der Waals surface area (Å²) in [5.41, 5.74) is 1.19. The van der Waals surface area contributed by atoms with E-state index < -0.39 is 0 Å². The first-order valence-corrected chi connectivity index (χ1v) is 8.18. The number of hydrogen-bond acceptors (Lipinski definition) is 4. The number of methoxy groups -OCH3 is 2. The van der Waals surface area contributed by atoms with Crippen LogP contribution in [0.1, 0.15) is 45.6 Å². The second-order valence-electron chi connectivity index (χ2n) is 5.64. The third-order valence-electron chi connectivity index (χ3n) is 3.90. The van der Waals surface area contributed by atoms with Crippen LogP contribution in [0.4, 0.5) is 0 Å². The van der Waals surface area contributed by atoms with E-state index in [1.807, 2.05) is 6.07 Å². The van der Waals surface area contributed by atoms with E-state index in [9.17, 15) is 0 Å². The average Bonchev–Trinajstić information content (AvgIpc) is 2.53. The number of ether oxygens (including phenoxy) is 3. The Morgan fingerprint density at radius 2 is 1.64 bits per heavy atom. The first-order valence-electron chi connectivity index (χ1n) is 8.18. The van der Waals surface area contributed by atoms with Gasteiger partial charge in [0.05, 0.1) is 20.8 Å². The summed E-state index contributed by atoms with van der Waals surface area (Å²) >= 11 is 0. The molecule has 1 aromatic rings. The van der Waals surface area contributed by atoms with Crippen molar-refractivity contribution >= 4 is 0 Å². The van der Waals surface area contributed by atoms with Crippen LogP contribution in [0.25, 0.3) is 0 Å². The summed E-state index contributed by atoms with van der Waals surface area (Å²) in [6.45, 7) is 12.6. The van der Waals surface area contributed by atoms with Crippen LogP contribution < -0.4 is 14.2 Å². The van der Waals surface area contributed by atoms with Gasteiger partial charge in [0, 0.05) is 6.54 Å². The molecule has 0 spiro atoms. The number of rotatable bonds is 10. The average molecular weight is 309 g/mol. The van der Waals surface area contributed by atoms with Crippen molar-refractivity contribution in [2.45, 2.75) is 40.0 Å². The van der Waals surface area contributed by atoms with Gasteiger partial charge in [-0.05, 0) is 43.1 Å². The van der Waals surface area contributed by atoms with Crippen molar-refractivity contribution in [2.75, 3.05) is 40.5 Å². The minimum absolute atomic E-state index is 0.415. The quantitative estimate of drug-likeness (QED) is 0.613. The Bertz CT molecular complexity index is 442. The molecule has 0 saturated carbocycles. The molecule has 4 heteroatoms. The lowest BCUT2D eigenvalue weighted by molar-refractivity contribution is 0.240. The lowest BCUT2D eigenvalue weighted by atomic mass is 10.0. The van der Waals surface area contributed by atoms with Crippen molar-refractivity contribution in [3.63, 3.8) is 0 Å². The molecule has 0 radical (unpaired) electrons. The molecule has 0 amide bonds. The molecule has 0 heterocycles. The maximum absolute atomic E-state index is 5.97. The fraction of sp³-hybridized carbons (Fsp3) is 0.667. The standard InChI is InChI=1S/C18H31NO3/c1-7-19(8-2)10-9-11-22-17-13-15(14(3)4)12-16(20-5)18(17)21-6/h12-14H,7-11H2,1-6H3. The summed E-state index contributed by atoms with van der Waals surface area (Å²) < 4.78 is 16.9. The van der Waals surface area contributed by atoms with Crippen molar-refractivity contribution in [3.05, 3.63) is 17.7 Å². The molecule has 1 rings (SSSR count). The molecule has 0 saturated heterocycles. The van der Waals surface area contributed by atoms with Crippen molar-refractivity contribution in [2.24, 2.45) is 0 Å². The molecule has 0 aliphatic carbocycles. The molecule has 0 aliphatic rings. The maximum atomic E-state index is 5.97. The third-order valence-corrected chi connectivity index (χ3v) is 3.90. The highest BCUT2D eigenvalue weighted by Gasteiger charge is 2.15. The summed E-state index contributed by atoms with van der Waals surface area (Å²) in [6, 6.07) is 4.08. The van der Waals surface area contributed by atoms with Crippen LogP contribution in [-0.4, -0.2) is 45.4 Å². The molecule has 0 bridgehead atoms. The highest BCUT2D eigenvalue weighted by molar-refractivity contribution is 5.54. The molecule has 0 aliphatic heterocycles. The van der Waals surface area contributed by atoms with Crippen LogP contribution in [-0.2, 0) is 0 Å². The molecule has 0 N–H and O–H groups in total. The molecule has 4 nitrogen and oxygen atoms in total. The van der Waals surface area contributed by atoms with E-state index in [0.29, 0.717) is 18.3 Å². The lowest BCUT2D eigenvalue weighted by Crippen LogP contribution is -2.25. The van der Waals surface area contributed by atoms with Crippen molar-refractivity contribution < 1.29 is 14.2 Å². The van der Waals surface area contributed by atoms with E-state index in [-0.39, 0.29) is 0 Å². The zero-order chi connectivity index (χ0) is 16.5. The number of nitrogens with zero attached hydrogens (tertiary/aromatic N) is 1. The molecule has 1 aromatic carbocycles. The fourth-order valence-electron chi connectivity index (χ4n) is 2.40. The van der Waals surface area contributed by atoms with Crippen molar-refractivity contribution in [1.82, 2.24) is 4.90 Å². The third kappa shape index (κ3) is 5.09. The van der Waals surface area contributed by atoms with Gasteiger partial charge < -0.3 is 19.1 Å². The van der Waals surface area contributed by atoms with Crippen LogP contribution in [0, 0.1) is 0 Å². The Morgan fingerprint density at radius 3 is 2.14 bits per heavy atom. The fourth-order valence-corrected chi connectivity index (χ4v) is 2.40. The van der Waals surface area contributed by atoms with E-state index in [2.05, 4.69) is 38.7 Å². The highest BCUT2D eigenvalue weighted by atomic mass is 16.5. The van der Waals surface area contributed by atoms with Crippen LogP contribution in [0.15, 0.2) is 12.1 Å². The van der Waals surface area contributed by atoms with Gasteiger partial charge in [-0.2, -0.15) is 0 Å². The van der Waals surface area contributed by atoms with Gasteiger partial charge in [0.2, 0.25) is 5.75 Å². The molecule has 0 atom stereocenters. The maximum Gasteiger partial charge on any atom is 0.203 e. The first-order chi connectivity index (χ1) is 10.6. The van der Waals surface area contributed by atoms with E-state index in [1.165, 1.54) is 5.56 Å². The van der Waals surface area contributed by atoms with Gasteiger partial charge in [-0.15, -0.1) is 0 Å². The summed E-state index contributed by atoms with van der Waals surface area (Å²) in [4.78, 5) is 2.39. The summed E-state index contributed by atoms with van der Waals surface area (Å²) in [7, 11) is 3.31. The molecule has 0 unspecified atom stereocenters. The second kappa shape index (κ2) is 9.57. The van der Waals surface area contributed by atoms with Gasteiger partial charge >= 0.3 is 0 Å². The molecular weight excluding hydrogens is 278 g/mol. The zero-order valence-electron chi connectivity index (χ0n) is 14.9. The Morgan fingerprint density at radius 1 is 1.00 bits per heavy atom. The predicted molar refractivity (Wildman–Crippen MR) is 91.5 cm³/mol. The molecule has 126 valence electrons. The van der Waals surface area contributed by atoms with Gasteiger partial charge in [-0.1, -0.05) is 27.7 Å².